The fourth-order valence-electron chi connectivity index (χ4n) is 3.08. The van der Waals surface area contributed by atoms with Gasteiger partial charge in [-0.15, -0.1) is 0 Å². The Hall–Kier alpha value is -1.23. The first-order valence-corrected chi connectivity index (χ1v) is 13.8. The average molecular weight is 502 g/mol. The number of sulfonamides is 1. The molecule has 0 aromatic heterocycles. The van der Waals surface area contributed by atoms with Gasteiger partial charge in [0.25, 0.3) is 0 Å². The highest BCUT2D eigenvalue weighted by Crippen LogP contribution is 2.41. The maximum absolute atomic E-state index is 12.4. The second kappa shape index (κ2) is 9.10. The fourth-order valence-corrected chi connectivity index (χ4v) is 5.45. The van der Waals surface area contributed by atoms with Gasteiger partial charge in [-0.25, -0.2) is 13.6 Å². The highest BCUT2D eigenvalue weighted by Gasteiger charge is 2.23. The Morgan fingerprint density at radius 1 is 0.733 bits per heavy atom. The van der Waals surface area contributed by atoms with E-state index in [4.69, 9.17) is 28.3 Å². The van der Waals surface area contributed by atoms with E-state index in [1.807, 2.05) is 0 Å². The standard InChI is InChI=1S/C20H17Cl2NO4S3/c1-28(24)19-7-3-12(21)9-17(19)15-6-5-14(30(23,26)27)11-16(15)18-10-13(22)4-8-20(18)29(2)25/h3-11H,1-2H3,(H2,23,26,27). The highest BCUT2D eigenvalue weighted by molar-refractivity contribution is 7.91. The molecule has 0 aliphatic carbocycles. The number of primary sulfonamides is 1. The molecule has 2 unspecified atom stereocenters. The molecule has 3 aromatic rings. The maximum Gasteiger partial charge on any atom is 0.238 e. The molecule has 0 amide bonds. The third-order valence-corrected chi connectivity index (χ3v) is 7.73. The number of hydrogen-bond acceptors (Lipinski definition) is 4. The molecule has 0 aliphatic rings. The summed E-state index contributed by atoms with van der Waals surface area (Å²) in [4.78, 5) is 0.869. The van der Waals surface area contributed by atoms with E-state index in [2.05, 4.69) is 0 Å². The maximum atomic E-state index is 12.4. The summed E-state index contributed by atoms with van der Waals surface area (Å²) in [6.45, 7) is 0. The summed E-state index contributed by atoms with van der Waals surface area (Å²) in [5.74, 6) is 0. The fraction of sp³-hybridized carbons (Fsp3) is 0.100. The third kappa shape index (κ3) is 4.98. The Bertz CT molecular complexity index is 1210. The van der Waals surface area contributed by atoms with Gasteiger partial charge in [0.05, 0.1) is 4.90 Å². The van der Waals surface area contributed by atoms with Crippen molar-refractivity contribution in [3.05, 3.63) is 64.6 Å². The number of benzene rings is 3. The van der Waals surface area contributed by atoms with Gasteiger partial charge in [0.2, 0.25) is 10.0 Å². The third-order valence-electron chi connectivity index (χ3n) is 4.40. The lowest BCUT2D eigenvalue weighted by Gasteiger charge is -2.18. The Morgan fingerprint density at radius 2 is 1.20 bits per heavy atom. The molecule has 0 aliphatic heterocycles. The molecule has 0 fully saturated rings. The van der Waals surface area contributed by atoms with Gasteiger partial charge in [0, 0.05) is 21.2 Å². The monoisotopic (exact) mass is 501 g/mol. The van der Waals surface area contributed by atoms with Crippen molar-refractivity contribution in [3.63, 3.8) is 0 Å². The van der Waals surface area contributed by atoms with Gasteiger partial charge in [-0.1, -0.05) is 29.3 Å². The van der Waals surface area contributed by atoms with Crippen molar-refractivity contribution >= 4 is 55.6 Å². The Morgan fingerprint density at radius 3 is 1.63 bits per heavy atom. The van der Waals surface area contributed by atoms with Crippen molar-refractivity contribution in [2.75, 3.05) is 12.5 Å². The van der Waals surface area contributed by atoms with Crippen LogP contribution in [0.4, 0.5) is 0 Å². The van der Waals surface area contributed by atoms with Crippen molar-refractivity contribution in [1.82, 2.24) is 0 Å². The second-order valence-electron chi connectivity index (χ2n) is 6.44. The van der Waals surface area contributed by atoms with Gasteiger partial charge in [0.1, 0.15) is 12.5 Å². The van der Waals surface area contributed by atoms with Crippen LogP contribution in [0.3, 0.4) is 0 Å². The van der Waals surface area contributed by atoms with Gasteiger partial charge >= 0.3 is 0 Å². The Labute approximate surface area is 191 Å². The van der Waals surface area contributed by atoms with Crippen LogP contribution in [-0.2, 0) is 32.4 Å². The Kier molecular flexibility index (Phi) is 7.11. The van der Waals surface area contributed by atoms with E-state index in [1.165, 1.54) is 24.6 Å². The van der Waals surface area contributed by atoms with Gasteiger partial charge < -0.3 is 9.11 Å². The van der Waals surface area contributed by atoms with Crippen LogP contribution in [0.25, 0.3) is 22.3 Å². The van der Waals surface area contributed by atoms with Crippen LogP contribution < -0.4 is 5.14 Å². The first-order chi connectivity index (χ1) is 14.0. The SMILES string of the molecule is C[S+]([O-])c1ccc(Cl)cc1-c1ccc(S(N)(=O)=O)cc1-c1cc(Cl)ccc1[S+](C)[O-]. The normalized spacial score (nSPS) is 13.8. The summed E-state index contributed by atoms with van der Waals surface area (Å²) < 4.78 is 48.7. The molecule has 0 radical (unpaired) electrons. The zero-order chi connectivity index (χ0) is 22.2. The van der Waals surface area contributed by atoms with Crippen molar-refractivity contribution in [2.24, 2.45) is 5.14 Å². The molecule has 158 valence electrons. The smallest absolute Gasteiger partial charge is 0.238 e. The molecule has 0 heterocycles. The summed E-state index contributed by atoms with van der Waals surface area (Å²) in [5, 5.41) is 6.15. The van der Waals surface area contributed by atoms with Gasteiger partial charge in [0.15, 0.2) is 9.79 Å². The van der Waals surface area contributed by atoms with Crippen LogP contribution in [0.5, 0.6) is 0 Å². The lowest BCUT2D eigenvalue weighted by Crippen LogP contribution is -2.12. The molecule has 0 bridgehead atoms. The van der Waals surface area contributed by atoms with E-state index in [-0.39, 0.29) is 4.90 Å². The zero-order valence-electron chi connectivity index (χ0n) is 15.9. The highest BCUT2D eigenvalue weighted by atomic mass is 35.5. The molecule has 0 saturated carbocycles. The Balaban J connectivity index is 2.44. The van der Waals surface area contributed by atoms with Gasteiger partial charge in [-0.05, 0) is 82.0 Å². The molecule has 10 heteroatoms. The number of nitrogens with two attached hydrogens (primary N) is 1. The van der Waals surface area contributed by atoms with Crippen molar-refractivity contribution in [2.45, 2.75) is 14.7 Å². The summed E-state index contributed by atoms with van der Waals surface area (Å²) in [6.07, 6.45) is 3.05. The van der Waals surface area contributed by atoms with E-state index in [0.717, 1.165) is 0 Å². The molecular weight excluding hydrogens is 485 g/mol. The summed E-state index contributed by atoms with van der Waals surface area (Å²) >= 11 is 9.66. The first-order valence-electron chi connectivity index (χ1n) is 8.42. The quantitative estimate of drug-likeness (QED) is 0.521. The second-order valence-corrected chi connectivity index (χ2v) is 11.6. The van der Waals surface area contributed by atoms with E-state index in [9.17, 15) is 17.5 Å². The van der Waals surface area contributed by atoms with Crippen LogP contribution in [0.15, 0.2) is 69.3 Å². The van der Waals surface area contributed by atoms with Crippen LogP contribution in [0.1, 0.15) is 0 Å². The van der Waals surface area contributed by atoms with E-state index < -0.39 is 32.4 Å². The number of hydrogen-bond donors (Lipinski definition) is 1. The predicted molar refractivity (Wildman–Crippen MR) is 123 cm³/mol. The first kappa shape index (κ1) is 23.4. The van der Waals surface area contributed by atoms with Crippen molar-refractivity contribution < 1.29 is 17.5 Å². The molecule has 30 heavy (non-hydrogen) atoms. The van der Waals surface area contributed by atoms with Crippen LogP contribution >= 0.6 is 23.2 Å². The van der Waals surface area contributed by atoms with Crippen molar-refractivity contribution in [1.29, 1.82) is 0 Å². The number of rotatable bonds is 5. The lowest BCUT2D eigenvalue weighted by molar-refractivity contribution is 0.597. The minimum atomic E-state index is -4.01. The lowest BCUT2D eigenvalue weighted by atomic mass is 9.94. The van der Waals surface area contributed by atoms with Gasteiger partial charge in [-0.3, -0.25) is 0 Å². The molecule has 0 saturated heterocycles. The van der Waals surface area contributed by atoms with E-state index >= 15 is 0 Å². The molecule has 2 atom stereocenters. The topological polar surface area (TPSA) is 106 Å². The largest absolute Gasteiger partial charge is 0.612 e. The van der Waals surface area contributed by atoms with Crippen LogP contribution in [-0.4, -0.2) is 30.0 Å². The molecule has 3 aromatic carbocycles. The van der Waals surface area contributed by atoms with Crippen LogP contribution in [0.2, 0.25) is 10.0 Å². The predicted octanol–water partition coefficient (Wildman–Crippen LogP) is 4.45. The number of halogens is 2. The summed E-state index contributed by atoms with van der Waals surface area (Å²) in [5.41, 5.74) is 2.04. The van der Waals surface area contributed by atoms with E-state index in [1.54, 1.807) is 42.5 Å². The summed E-state index contributed by atoms with van der Waals surface area (Å²) in [7, 11) is -4.01. The average Bonchev–Trinajstić information content (AvgIpc) is 2.66. The zero-order valence-corrected chi connectivity index (χ0v) is 19.8. The molecule has 0 spiro atoms. The molecule has 2 N–H and O–H groups in total. The van der Waals surface area contributed by atoms with Crippen molar-refractivity contribution in [3.8, 4) is 22.3 Å². The minimum absolute atomic E-state index is 0.116. The van der Waals surface area contributed by atoms with Crippen LogP contribution in [0, 0.1) is 0 Å². The molecule has 5 nitrogen and oxygen atoms in total. The van der Waals surface area contributed by atoms with Gasteiger partial charge in [-0.2, -0.15) is 0 Å². The molecular formula is C20H17Cl2NO4S3. The molecule has 3 rings (SSSR count). The van der Waals surface area contributed by atoms with E-state index in [0.29, 0.717) is 42.1 Å². The minimum Gasteiger partial charge on any atom is -0.612 e. The summed E-state index contributed by atoms with van der Waals surface area (Å²) in [6, 6.07) is 14.1.